The Balaban J connectivity index is 0.881. The third-order valence-corrected chi connectivity index (χ3v) is 14.2. The van der Waals surface area contributed by atoms with Crippen molar-refractivity contribution in [2.45, 2.75) is 198 Å². The van der Waals surface area contributed by atoms with Gasteiger partial charge in [0.15, 0.2) is 6.29 Å². The van der Waals surface area contributed by atoms with Crippen molar-refractivity contribution in [2.24, 2.45) is 0 Å². The summed E-state index contributed by atoms with van der Waals surface area (Å²) < 4.78 is 39.6. The summed E-state index contributed by atoms with van der Waals surface area (Å²) in [5.41, 5.74) is 1.47. The molecule has 0 radical (unpaired) electrons. The minimum atomic E-state index is -1.62. The standard InChI is InChI=1S/C59H93NO12/c1-2-3-4-5-6-7-8-9-10-11-12-13-14-17-20-23-35-68-44-50(45-69-40-39-66-37-38-67-41-42-71-59(65)60-55-57(63)56(62)52(43-61)72-58(55)64)70-36-24-21-18-15-16-19-22-26-46-29-30-49-32-31-47-27-25-28-48-33-34-51(46)54(49)53(47)48/h25,27-34,50,52,55-58,61-64H,2-24,26,35-45H2,1H3,(H,60,65)/t50?,52-,55+,56-,57-,58-/m1/s1. The number of unbranched alkanes of at least 4 members (excludes halogenated alkanes) is 21. The van der Waals surface area contributed by atoms with Crippen LogP contribution in [0.25, 0.3) is 32.3 Å². The normalized spacial score (nSPS) is 18.7. The summed E-state index contributed by atoms with van der Waals surface area (Å²) in [5, 5.41) is 49.9. The first-order valence-electron chi connectivity index (χ1n) is 28.2. The fraction of sp³-hybridized carbons (Fsp3) is 0.712. The summed E-state index contributed by atoms with van der Waals surface area (Å²) in [4.78, 5) is 12.1. The number of ether oxygens (including phenoxy) is 7. The van der Waals surface area contributed by atoms with Crippen LogP contribution in [0.3, 0.4) is 0 Å². The van der Waals surface area contributed by atoms with E-state index in [9.17, 15) is 25.2 Å². The highest BCUT2D eigenvalue weighted by Crippen LogP contribution is 2.36. The molecule has 1 unspecified atom stereocenters. The van der Waals surface area contributed by atoms with Crippen molar-refractivity contribution >= 4 is 38.4 Å². The van der Waals surface area contributed by atoms with Crippen molar-refractivity contribution < 1.29 is 58.4 Å². The molecule has 13 nitrogen and oxygen atoms in total. The predicted octanol–water partition coefficient (Wildman–Crippen LogP) is 11.1. The Morgan fingerprint density at radius 2 is 1.03 bits per heavy atom. The van der Waals surface area contributed by atoms with Crippen molar-refractivity contribution in [1.82, 2.24) is 5.32 Å². The number of hydrogen-bond acceptors (Lipinski definition) is 12. The second kappa shape index (κ2) is 36.7. The zero-order valence-corrected chi connectivity index (χ0v) is 44.0. The molecule has 4 aromatic carbocycles. The van der Waals surface area contributed by atoms with Gasteiger partial charge in [0.2, 0.25) is 0 Å². The molecule has 13 heteroatoms. The van der Waals surface area contributed by atoms with E-state index in [1.54, 1.807) is 0 Å². The molecule has 6 atom stereocenters. The van der Waals surface area contributed by atoms with E-state index in [4.69, 9.17) is 33.2 Å². The lowest BCUT2D eigenvalue weighted by atomic mass is 9.90. The number of carbonyl (C=O) groups excluding carboxylic acids is 1. The van der Waals surface area contributed by atoms with Crippen LogP contribution in [-0.4, -0.2) is 136 Å². The topological polar surface area (TPSA) is 175 Å². The smallest absolute Gasteiger partial charge is 0.407 e. The number of hydrogen-bond donors (Lipinski definition) is 5. The molecule has 0 spiro atoms. The number of aliphatic hydroxyl groups is 4. The number of nitrogens with one attached hydrogen (secondary N) is 1. The Kier molecular flexibility index (Phi) is 30.4. The quantitative estimate of drug-likeness (QED) is 0.0210. The zero-order valence-electron chi connectivity index (χ0n) is 44.0. The molecule has 4 aromatic rings. The highest BCUT2D eigenvalue weighted by atomic mass is 16.6. The van der Waals surface area contributed by atoms with Crippen molar-refractivity contribution in [2.75, 3.05) is 72.7 Å². The molecule has 72 heavy (non-hydrogen) atoms. The third-order valence-electron chi connectivity index (χ3n) is 14.2. The summed E-state index contributed by atoms with van der Waals surface area (Å²) in [6.45, 7) is 5.53. The molecule has 1 aliphatic heterocycles. The van der Waals surface area contributed by atoms with Crippen LogP contribution in [0.1, 0.15) is 160 Å². The van der Waals surface area contributed by atoms with Crippen LogP contribution in [0.4, 0.5) is 4.79 Å². The van der Waals surface area contributed by atoms with E-state index in [1.165, 1.54) is 166 Å². The second-order valence-corrected chi connectivity index (χ2v) is 20.0. The van der Waals surface area contributed by atoms with Crippen LogP contribution < -0.4 is 5.32 Å². The lowest BCUT2D eigenvalue weighted by molar-refractivity contribution is -0.253. The zero-order chi connectivity index (χ0) is 50.9. The first-order valence-corrected chi connectivity index (χ1v) is 28.2. The molecule has 1 amide bonds. The highest BCUT2D eigenvalue weighted by molar-refractivity contribution is 6.23. The Hall–Kier alpha value is -3.21. The first-order chi connectivity index (χ1) is 35.4. The second-order valence-electron chi connectivity index (χ2n) is 20.0. The Morgan fingerprint density at radius 1 is 0.542 bits per heavy atom. The van der Waals surface area contributed by atoms with Gasteiger partial charge in [-0.25, -0.2) is 4.79 Å². The van der Waals surface area contributed by atoms with Crippen molar-refractivity contribution in [3.63, 3.8) is 0 Å². The van der Waals surface area contributed by atoms with Crippen molar-refractivity contribution in [1.29, 1.82) is 0 Å². The molecule has 0 aliphatic carbocycles. The van der Waals surface area contributed by atoms with Gasteiger partial charge in [0, 0.05) is 13.2 Å². The van der Waals surface area contributed by atoms with Crippen LogP contribution in [-0.2, 0) is 39.6 Å². The molecule has 1 aliphatic rings. The molecule has 1 heterocycles. The molecule has 0 bridgehead atoms. The van der Waals surface area contributed by atoms with E-state index < -0.39 is 43.3 Å². The van der Waals surface area contributed by atoms with Crippen LogP contribution in [0, 0.1) is 0 Å². The summed E-state index contributed by atoms with van der Waals surface area (Å²) in [5.74, 6) is 0. The van der Waals surface area contributed by atoms with E-state index in [0.29, 0.717) is 39.6 Å². The molecular formula is C59H93NO12. The summed E-state index contributed by atoms with van der Waals surface area (Å²) >= 11 is 0. The van der Waals surface area contributed by atoms with Gasteiger partial charge in [-0.1, -0.05) is 190 Å². The average Bonchev–Trinajstić information content (AvgIpc) is 3.39. The van der Waals surface area contributed by atoms with Gasteiger partial charge in [0.25, 0.3) is 0 Å². The Labute approximate surface area is 431 Å². The molecule has 5 N–H and O–H groups in total. The minimum Gasteiger partial charge on any atom is -0.447 e. The van der Waals surface area contributed by atoms with Crippen molar-refractivity contribution in [3.8, 4) is 0 Å². The molecule has 406 valence electrons. The van der Waals surface area contributed by atoms with Crippen molar-refractivity contribution in [3.05, 3.63) is 60.2 Å². The summed E-state index contributed by atoms with van der Waals surface area (Å²) in [6.07, 6.45) is 24.2. The van der Waals surface area contributed by atoms with E-state index in [0.717, 1.165) is 32.3 Å². The Morgan fingerprint density at radius 3 is 1.62 bits per heavy atom. The molecular weight excluding hydrogens is 915 g/mol. The molecule has 0 aromatic heterocycles. The van der Waals surface area contributed by atoms with Gasteiger partial charge in [0.05, 0.1) is 52.9 Å². The number of aryl methyl sites for hydroxylation is 1. The van der Waals surface area contributed by atoms with Gasteiger partial charge in [-0.15, -0.1) is 0 Å². The van der Waals surface area contributed by atoms with E-state index in [-0.39, 0.29) is 25.9 Å². The maximum Gasteiger partial charge on any atom is 0.407 e. The number of aliphatic hydroxyl groups excluding tert-OH is 4. The minimum absolute atomic E-state index is 0.0789. The first kappa shape index (κ1) is 59.7. The monoisotopic (exact) mass is 1010 g/mol. The highest BCUT2D eigenvalue weighted by Gasteiger charge is 2.44. The molecule has 1 fully saturated rings. The fourth-order valence-electron chi connectivity index (χ4n) is 9.96. The maximum absolute atomic E-state index is 12.1. The largest absolute Gasteiger partial charge is 0.447 e. The molecule has 1 saturated heterocycles. The van der Waals surface area contributed by atoms with Crippen LogP contribution in [0.15, 0.2) is 54.6 Å². The van der Waals surface area contributed by atoms with Gasteiger partial charge in [-0.3, -0.25) is 0 Å². The van der Waals surface area contributed by atoms with Crippen LogP contribution in [0.5, 0.6) is 0 Å². The van der Waals surface area contributed by atoms with E-state index in [1.807, 2.05) is 0 Å². The number of carbonyl (C=O) groups is 1. The number of alkyl carbamates (subject to hydrolysis) is 1. The van der Waals surface area contributed by atoms with Crippen LogP contribution >= 0.6 is 0 Å². The van der Waals surface area contributed by atoms with Gasteiger partial charge >= 0.3 is 6.09 Å². The summed E-state index contributed by atoms with van der Waals surface area (Å²) in [6, 6.07) is 19.1. The third kappa shape index (κ3) is 21.9. The number of amides is 1. The maximum atomic E-state index is 12.1. The molecule has 0 saturated carbocycles. The fourth-order valence-corrected chi connectivity index (χ4v) is 9.96. The average molecular weight is 1010 g/mol. The number of rotatable bonds is 43. The predicted molar refractivity (Wildman–Crippen MR) is 287 cm³/mol. The van der Waals surface area contributed by atoms with E-state index >= 15 is 0 Å². The molecule has 5 rings (SSSR count). The SMILES string of the molecule is CCCCCCCCCCCCCCCCCCOCC(COCCOCCOCCOC(=O)N[C@H]1[C@@H](O)[C@H](O)[C@@H](CO)O[C@H]1O)OCCCCCCCCCc1ccc2ccc3cccc4ccc1c2c34. The summed E-state index contributed by atoms with van der Waals surface area (Å²) in [7, 11) is 0. The lowest BCUT2D eigenvalue weighted by Crippen LogP contribution is -2.64. The van der Waals surface area contributed by atoms with Gasteiger partial charge in [0.1, 0.15) is 37.1 Å². The van der Waals surface area contributed by atoms with E-state index in [2.05, 4.69) is 66.8 Å². The lowest BCUT2D eigenvalue weighted by Gasteiger charge is -2.39. The van der Waals surface area contributed by atoms with Crippen LogP contribution in [0.2, 0.25) is 0 Å². The van der Waals surface area contributed by atoms with Gasteiger partial charge < -0.3 is 58.9 Å². The Bertz CT molecular complexity index is 1970. The van der Waals surface area contributed by atoms with Gasteiger partial charge in [-0.2, -0.15) is 0 Å². The number of benzene rings is 4. The van der Waals surface area contributed by atoms with Gasteiger partial charge in [-0.05, 0) is 63.6 Å².